The minimum Gasteiger partial charge on any atom is -0.484 e. The topological polar surface area (TPSA) is 76.2 Å². The maximum Gasteiger partial charge on any atom is 0.229 e. The van der Waals surface area contributed by atoms with Crippen LogP contribution in [0.3, 0.4) is 0 Å². The minimum absolute atomic E-state index is 0.513. The van der Waals surface area contributed by atoms with E-state index in [0.29, 0.717) is 5.75 Å². The highest BCUT2D eigenvalue weighted by molar-refractivity contribution is 5.86. The number of nitrogens with one attached hydrogen (secondary N) is 1. The van der Waals surface area contributed by atoms with Crippen molar-refractivity contribution in [3.8, 4) is 5.75 Å². The van der Waals surface area contributed by atoms with Crippen LogP contribution in [0.25, 0.3) is 0 Å². The van der Waals surface area contributed by atoms with Gasteiger partial charge in [0.2, 0.25) is 5.91 Å². The van der Waals surface area contributed by atoms with Crippen LogP contribution < -0.4 is 10.5 Å². The number of amides is 1. The summed E-state index contributed by atoms with van der Waals surface area (Å²) in [5.41, 5.74) is 6.22. The van der Waals surface area contributed by atoms with Gasteiger partial charge in [-0.15, -0.1) is 0 Å². The van der Waals surface area contributed by atoms with Crippen LogP contribution in [0, 0.1) is 5.41 Å². The molecule has 1 amide bonds. The lowest BCUT2D eigenvalue weighted by Gasteiger charge is -2.22. The van der Waals surface area contributed by atoms with Crippen LogP contribution in [0.1, 0.15) is 11.5 Å². The third-order valence-electron chi connectivity index (χ3n) is 2.97. The molecule has 0 aromatic heterocycles. The Morgan fingerprint density at radius 1 is 1.05 bits per heavy atom. The lowest BCUT2D eigenvalue weighted by molar-refractivity contribution is -0.120. The molecule has 0 bridgehead atoms. The van der Waals surface area contributed by atoms with Crippen molar-refractivity contribution in [1.82, 2.24) is 0 Å². The fourth-order valence-electron chi connectivity index (χ4n) is 2.03. The number of carbonyl (C=O) groups is 1. The van der Waals surface area contributed by atoms with Crippen molar-refractivity contribution >= 4 is 12.1 Å². The van der Waals surface area contributed by atoms with Gasteiger partial charge in [0.05, 0.1) is 0 Å². The van der Waals surface area contributed by atoms with E-state index in [9.17, 15) is 4.79 Å². The lowest BCUT2D eigenvalue weighted by Crippen LogP contribution is -2.36. The summed E-state index contributed by atoms with van der Waals surface area (Å²) in [6.07, 6.45) is 0.382. The van der Waals surface area contributed by atoms with E-state index < -0.39 is 17.9 Å². The summed E-state index contributed by atoms with van der Waals surface area (Å²) in [5, 5.41) is 7.52. The van der Waals surface area contributed by atoms with Crippen molar-refractivity contribution < 1.29 is 9.53 Å². The first-order valence-electron chi connectivity index (χ1n) is 6.29. The van der Waals surface area contributed by atoms with E-state index >= 15 is 0 Å². The molecule has 0 saturated carbocycles. The molecule has 2 aromatic rings. The highest BCUT2D eigenvalue weighted by Crippen LogP contribution is 2.23. The second-order valence-corrected chi connectivity index (χ2v) is 4.35. The van der Waals surface area contributed by atoms with Gasteiger partial charge in [0.25, 0.3) is 0 Å². The van der Waals surface area contributed by atoms with Gasteiger partial charge in [-0.2, -0.15) is 0 Å². The number of hydrogen-bond donors (Lipinski definition) is 2. The van der Waals surface area contributed by atoms with Gasteiger partial charge in [-0.1, -0.05) is 48.5 Å². The Bertz CT molecular complexity index is 570. The monoisotopic (exact) mass is 268 g/mol. The Morgan fingerprint density at radius 3 is 2.10 bits per heavy atom. The molecule has 0 aliphatic rings. The molecule has 2 rings (SSSR count). The fourth-order valence-corrected chi connectivity index (χ4v) is 2.03. The average Bonchev–Trinajstić information content (AvgIpc) is 2.48. The van der Waals surface area contributed by atoms with E-state index in [1.54, 1.807) is 24.3 Å². The number of benzene rings is 2. The lowest BCUT2D eigenvalue weighted by atomic mass is 9.93. The van der Waals surface area contributed by atoms with Crippen LogP contribution in [-0.2, 0) is 4.79 Å². The summed E-state index contributed by atoms with van der Waals surface area (Å²) in [6.45, 7) is 0. The van der Waals surface area contributed by atoms with Crippen LogP contribution in [0.5, 0.6) is 5.75 Å². The molecule has 4 heteroatoms. The highest BCUT2D eigenvalue weighted by Gasteiger charge is 2.28. The van der Waals surface area contributed by atoms with Crippen molar-refractivity contribution in [1.29, 1.82) is 5.41 Å². The first-order valence-corrected chi connectivity index (χ1v) is 6.29. The first kappa shape index (κ1) is 13.8. The first-order chi connectivity index (χ1) is 9.72. The normalized spacial score (nSPS) is 13.2. The summed E-state index contributed by atoms with van der Waals surface area (Å²) in [4.78, 5) is 11.7. The van der Waals surface area contributed by atoms with Crippen molar-refractivity contribution in [3.63, 3.8) is 0 Å². The molecule has 102 valence electrons. The number of hydrogen-bond acceptors (Lipinski definition) is 3. The number of ether oxygens (including phenoxy) is 1. The van der Waals surface area contributed by atoms with Gasteiger partial charge in [0.15, 0.2) is 0 Å². The molecule has 0 aliphatic heterocycles. The van der Waals surface area contributed by atoms with Crippen molar-refractivity contribution in [2.75, 3.05) is 0 Å². The van der Waals surface area contributed by atoms with Gasteiger partial charge >= 0.3 is 0 Å². The Hall–Kier alpha value is -2.62. The number of rotatable bonds is 6. The van der Waals surface area contributed by atoms with Gasteiger partial charge < -0.3 is 15.9 Å². The highest BCUT2D eigenvalue weighted by atomic mass is 16.5. The van der Waals surface area contributed by atoms with E-state index in [1.807, 2.05) is 36.4 Å². The summed E-state index contributed by atoms with van der Waals surface area (Å²) < 4.78 is 5.70. The van der Waals surface area contributed by atoms with E-state index in [0.717, 1.165) is 11.8 Å². The summed E-state index contributed by atoms with van der Waals surface area (Å²) >= 11 is 0. The van der Waals surface area contributed by atoms with Crippen molar-refractivity contribution in [2.45, 2.75) is 12.0 Å². The zero-order valence-electron chi connectivity index (χ0n) is 10.9. The molecule has 0 fully saturated rings. The van der Waals surface area contributed by atoms with Crippen molar-refractivity contribution in [3.05, 3.63) is 66.2 Å². The quantitative estimate of drug-likeness (QED) is 0.789. The molecule has 0 heterocycles. The molecule has 2 aromatic carbocycles. The molecule has 0 radical (unpaired) electrons. The van der Waals surface area contributed by atoms with E-state index in [-0.39, 0.29) is 0 Å². The Morgan fingerprint density at radius 2 is 1.60 bits per heavy atom. The predicted molar refractivity (Wildman–Crippen MR) is 78.0 cm³/mol. The van der Waals surface area contributed by atoms with Crippen LogP contribution in [-0.4, -0.2) is 18.2 Å². The smallest absolute Gasteiger partial charge is 0.229 e. The predicted octanol–water partition coefficient (Wildman–Crippen LogP) is 2.35. The second kappa shape index (κ2) is 6.52. The van der Waals surface area contributed by atoms with Gasteiger partial charge in [0.1, 0.15) is 17.8 Å². The molecule has 4 nitrogen and oxygen atoms in total. The SMILES string of the molecule is N=CC(Oc1ccccc1)C(C(N)=O)c1ccccc1. The molecule has 0 aliphatic carbocycles. The average molecular weight is 268 g/mol. The minimum atomic E-state index is -0.725. The van der Waals surface area contributed by atoms with Crippen LogP contribution >= 0.6 is 0 Å². The van der Waals surface area contributed by atoms with E-state index in [1.165, 1.54) is 0 Å². The number of primary amides is 1. The van der Waals surface area contributed by atoms with Gasteiger partial charge in [0, 0.05) is 6.21 Å². The van der Waals surface area contributed by atoms with Crippen LogP contribution in [0.2, 0.25) is 0 Å². The molecule has 2 atom stereocenters. The largest absolute Gasteiger partial charge is 0.484 e. The maximum atomic E-state index is 11.7. The van der Waals surface area contributed by atoms with Crippen LogP contribution in [0.15, 0.2) is 60.7 Å². The number of nitrogens with two attached hydrogens (primary N) is 1. The fraction of sp³-hybridized carbons (Fsp3) is 0.125. The van der Waals surface area contributed by atoms with Crippen molar-refractivity contribution in [2.24, 2.45) is 5.73 Å². The maximum absolute atomic E-state index is 11.7. The molecular formula is C16H16N2O2. The molecule has 20 heavy (non-hydrogen) atoms. The summed E-state index contributed by atoms with van der Waals surface area (Å²) in [6, 6.07) is 18.2. The van der Waals surface area contributed by atoms with E-state index in [4.69, 9.17) is 15.9 Å². The third kappa shape index (κ3) is 3.23. The van der Waals surface area contributed by atoms with Gasteiger partial charge in [-0.3, -0.25) is 4.79 Å². The molecule has 2 unspecified atom stereocenters. The Labute approximate surface area is 117 Å². The Kier molecular flexibility index (Phi) is 4.50. The number of carbonyl (C=O) groups excluding carboxylic acids is 1. The zero-order chi connectivity index (χ0) is 14.4. The standard InChI is InChI=1S/C16H16N2O2/c17-11-14(20-13-9-5-2-6-10-13)15(16(18)19)12-7-3-1-4-8-12/h1-11,14-15,17H,(H2,18,19). The van der Waals surface area contributed by atoms with Gasteiger partial charge in [-0.25, -0.2) is 0 Å². The molecule has 0 saturated heterocycles. The molecule has 0 spiro atoms. The zero-order valence-corrected chi connectivity index (χ0v) is 10.9. The molecular weight excluding hydrogens is 252 g/mol. The number of para-hydroxylation sites is 1. The van der Waals surface area contributed by atoms with Gasteiger partial charge in [-0.05, 0) is 17.7 Å². The second-order valence-electron chi connectivity index (χ2n) is 4.35. The van der Waals surface area contributed by atoms with Crippen LogP contribution in [0.4, 0.5) is 0 Å². The summed E-state index contributed by atoms with van der Waals surface area (Å²) in [5.74, 6) is -0.599. The van der Waals surface area contributed by atoms with E-state index in [2.05, 4.69) is 0 Å². The third-order valence-corrected chi connectivity index (χ3v) is 2.97. The molecule has 3 N–H and O–H groups in total. The summed E-state index contributed by atoms with van der Waals surface area (Å²) in [7, 11) is 0. The Balaban J connectivity index is 2.27.